The maximum atomic E-state index is 14.8. The molecule has 2 bridgehead atoms. The van der Waals surface area contributed by atoms with Crippen molar-refractivity contribution in [2.45, 2.75) is 106 Å². The van der Waals surface area contributed by atoms with Crippen molar-refractivity contribution in [1.82, 2.24) is 5.32 Å². The molecule has 0 aromatic rings. The van der Waals surface area contributed by atoms with E-state index in [1.807, 2.05) is 13.0 Å². The number of carboxylic acid groups (broad SMARTS) is 1. The SMILES string of the molecule is CC(=O)O[C@@H]1C[C@]23COC[C@@](C)([C@@H]2CC[C@H]2C3=CC(=O)[C@@]3(C)[C@H](C(=O)O)[C@@](C)([C@H](C)C(C)C)CC[C@]23C)[C@H]1OCCNCCCN. The van der Waals surface area contributed by atoms with Crippen LogP contribution in [0.5, 0.6) is 0 Å². The molecule has 260 valence electrons. The van der Waals surface area contributed by atoms with Crippen molar-refractivity contribution in [3.63, 3.8) is 0 Å². The third-order valence-corrected chi connectivity index (χ3v) is 14.4. The molecule has 1 saturated heterocycles. The maximum absolute atomic E-state index is 14.8. The van der Waals surface area contributed by atoms with Crippen LogP contribution in [0.4, 0.5) is 0 Å². The van der Waals surface area contributed by atoms with Crippen molar-refractivity contribution < 1.29 is 33.7 Å². The van der Waals surface area contributed by atoms with Crippen molar-refractivity contribution in [3.05, 3.63) is 11.6 Å². The highest BCUT2D eigenvalue weighted by Gasteiger charge is 2.74. The fraction of sp³-hybridized carbons (Fsp3) is 0.865. The normalized spacial score (nSPS) is 44.0. The average molecular weight is 645 g/mol. The summed E-state index contributed by atoms with van der Waals surface area (Å²) in [6.07, 6.45) is 5.84. The van der Waals surface area contributed by atoms with Crippen molar-refractivity contribution in [1.29, 1.82) is 0 Å². The zero-order valence-electron chi connectivity index (χ0n) is 29.6. The summed E-state index contributed by atoms with van der Waals surface area (Å²) >= 11 is 0. The molecule has 5 rings (SSSR count). The van der Waals surface area contributed by atoms with E-state index in [0.29, 0.717) is 45.2 Å². The minimum atomic E-state index is -1.04. The van der Waals surface area contributed by atoms with Gasteiger partial charge in [-0.05, 0) is 92.2 Å². The molecule has 4 aliphatic carbocycles. The Balaban J connectivity index is 1.55. The molecule has 9 heteroatoms. The fourth-order valence-electron chi connectivity index (χ4n) is 11.6. The number of esters is 1. The number of carbonyl (C=O) groups excluding carboxylic acids is 2. The topological polar surface area (TPSA) is 137 Å². The van der Waals surface area contributed by atoms with Crippen LogP contribution in [0, 0.1) is 56.7 Å². The van der Waals surface area contributed by atoms with Crippen LogP contribution in [0.25, 0.3) is 0 Å². The number of ether oxygens (including phenoxy) is 3. The molecule has 0 radical (unpaired) electrons. The molecule has 0 spiro atoms. The summed E-state index contributed by atoms with van der Waals surface area (Å²) in [7, 11) is 0. The Hall–Kier alpha value is -1.81. The van der Waals surface area contributed by atoms with Crippen molar-refractivity contribution in [2.24, 2.45) is 62.4 Å². The first-order chi connectivity index (χ1) is 21.5. The lowest BCUT2D eigenvalue weighted by molar-refractivity contribution is -0.265. The Morgan fingerprint density at radius 1 is 1.11 bits per heavy atom. The molecule has 46 heavy (non-hydrogen) atoms. The van der Waals surface area contributed by atoms with Gasteiger partial charge in [0.05, 0.1) is 25.7 Å². The third-order valence-electron chi connectivity index (χ3n) is 14.4. The van der Waals surface area contributed by atoms with Gasteiger partial charge in [-0.25, -0.2) is 0 Å². The van der Waals surface area contributed by atoms with E-state index in [-0.39, 0.29) is 35.6 Å². The Bertz CT molecular complexity index is 1240. The van der Waals surface area contributed by atoms with Crippen molar-refractivity contribution >= 4 is 17.7 Å². The molecule has 0 amide bonds. The highest BCUT2D eigenvalue weighted by molar-refractivity contribution is 6.00. The number of hydrogen-bond acceptors (Lipinski definition) is 8. The van der Waals surface area contributed by atoms with Gasteiger partial charge in [-0.15, -0.1) is 0 Å². The molecule has 0 aromatic carbocycles. The minimum absolute atomic E-state index is 0.0420. The van der Waals surface area contributed by atoms with Crippen LogP contribution in [-0.2, 0) is 28.6 Å². The number of ketones is 1. The highest BCUT2D eigenvalue weighted by Crippen LogP contribution is 2.74. The molecular weight excluding hydrogens is 584 g/mol. The number of allylic oxidation sites excluding steroid dienone is 1. The van der Waals surface area contributed by atoms with Crippen LogP contribution in [0.3, 0.4) is 0 Å². The molecule has 5 aliphatic rings. The van der Waals surface area contributed by atoms with Gasteiger partial charge in [0.1, 0.15) is 12.2 Å². The van der Waals surface area contributed by atoms with Crippen LogP contribution >= 0.6 is 0 Å². The lowest BCUT2D eigenvalue weighted by Crippen LogP contribution is -2.71. The number of nitrogens with two attached hydrogens (primary N) is 1. The first-order valence-electron chi connectivity index (χ1n) is 17.8. The fourth-order valence-corrected chi connectivity index (χ4v) is 11.6. The predicted octanol–water partition coefficient (Wildman–Crippen LogP) is 5.01. The largest absolute Gasteiger partial charge is 0.481 e. The summed E-state index contributed by atoms with van der Waals surface area (Å²) < 4.78 is 19.1. The summed E-state index contributed by atoms with van der Waals surface area (Å²) in [6, 6.07) is 0. The molecule has 4 N–H and O–H groups in total. The number of hydrogen-bond donors (Lipinski definition) is 3. The van der Waals surface area contributed by atoms with Crippen LogP contribution in [0.15, 0.2) is 11.6 Å². The van der Waals surface area contributed by atoms with Crippen LogP contribution < -0.4 is 11.1 Å². The first kappa shape index (κ1) is 35.5. The van der Waals surface area contributed by atoms with Gasteiger partial charge in [0.25, 0.3) is 0 Å². The van der Waals surface area contributed by atoms with Gasteiger partial charge in [0.15, 0.2) is 5.78 Å². The molecule has 4 fully saturated rings. The van der Waals surface area contributed by atoms with Gasteiger partial charge < -0.3 is 30.4 Å². The zero-order valence-corrected chi connectivity index (χ0v) is 29.6. The number of rotatable bonds is 11. The average Bonchev–Trinajstić information content (AvgIpc) is 2.97. The summed E-state index contributed by atoms with van der Waals surface area (Å²) in [5.41, 5.74) is 3.75. The van der Waals surface area contributed by atoms with Gasteiger partial charge in [-0.1, -0.05) is 54.0 Å². The van der Waals surface area contributed by atoms with E-state index in [2.05, 4.69) is 46.9 Å². The Kier molecular flexibility index (Phi) is 9.70. The molecule has 0 unspecified atom stereocenters. The highest BCUT2D eigenvalue weighted by atomic mass is 16.6. The zero-order chi connectivity index (χ0) is 33.9. The first-order valence-corrected chi connectivity index (χ1v) is 17.8. The van der Waals surface area contributed by atoms with Crippen LogP contribution in [0.1, 0.15) is 93.9 Å². The molecule has 1 aliphatic heterocycles. The number of carbonyl (C=O) groups is 3. The lowest BCUT2D eigenvalue weighted by Gasteiger charge is -2.70. The molecular formula is C37H60N2O7. The molecule has 3 saturated carbocycles. The van der Waals surface area contributed by atoms with Gasteiger partial charge in [0.2, 0.25) is 0 Å². The molecule has 11 atom stereocenters. The quantitative estimate of drug-likeness (QED) is 0.209. The molecule has 1 heterocycles. The summed E-state index contributed by atoms with van der Waals surface area (Å²) in [6.45, 7) is 20.0. The van der Waals surface area contributed by atoms with Crippen LogP contribution in [-0.4, -0.2) is 74.5 Å². The van der Waals surface area contributed by atoms with Gasteiger partial charge in [-0.2, -0.15) is 0 Å². The lowest BCUT2D eigenvalue weighted by atomic mass is 9.34. The summed E-state index contributed by atoms with van der Waals surface area (Å²) in [5.74, 6) is -1.39. The standard InChI is InChI=1S/C37H60N2O7/c1-22(2)23(3)33(5)12-13-35(7)25-10-11-28-34(6)20-44-21-37(28,26(25)18-29(41)36(35,8)30(33)32(42)43)19-27(46-24(4)40)31(34)45-17-16-39-15-9-14-38/h18,22-23,25,27-28,30-31,39H,9-17,19-21,38H2,1-8H3,(H,42,43)/t23-,25+,27-,28+,30-,31+,33-,34+,35-,36+,37-/m1/s1. The number of carboxylic acids is 1. The minimum Gasteiger partial charge on any atom is -0.481 e. The summed E-state index contributed by atoms with van der Waals surface area (Å²) in [5, 5.41) is 14.3. The monoisotopic (exact) mass is 644 g/mol. The maximum Gasteiger partial charge on any atom is 0.308 e. The van der Waals surface area contributed by atoms with E-state index < -0.39 is 45.1 Å². The van der Waals surface area contributed by atoms with Crippen molar-refractivity contribution in [3.8, 4) is 0 Å². The van der Waals surface area contributed by atoms with Crippen LogP contribution in [0.2, 0.25) is 0 Å². The van der Waals surface area contributed by atoms with E-state index in [4.69, 9.17) is 19.9 Å². The van der Waals surface area contributed by atoms with E-state index in [1.165, 1.54) is 6.92 Å². The number of nitrogens with one attached hydrogen (secondary N) is 1. The number of aliphatic carboxylic acids is 1. The van der Waals surface area contributed by atoms with Gasteiger partial charge in [0, 0.05) is 29.7 Å². The smallest absolute Gasteiger partial charge is 0.308 e. The Morgan fingerprint density at radius 3 is 2.46 bits per heavy atom. The molecule has 9 nitrogen and oxygen atoms in total. The van der Waals surface area contributed by atoms with E-state index in [0.717, 1.165) is 44.2 Å². The summed E-state index contributed by atoms with van der Waals surface area (Å²) in [4.78, 5) is 40.6. The Labute approximate surface area is 276 Å². The third kappa shape index (κ3) is 5.12. The second-order valence-electron chi connectivity index (χ2n) is 16.8. The predicted molar refractivity (Wildman–Crippen MR) is 176 cm³/mol. The Morgan fingerprint density at radius 2 is 1.83 bits per heavy atom. The van der Waals surface area contributed by atoms with Gasteiger partial charge >= 0.3 is 11.9 Å². The second kappa shape index (κ2) is 12.6. The van der Waals surface area contributed by atoms with E-state index in [9.17, 15) is 19.5 Å². The van der Waals surface area contributed by atoms with Crippen molar-refractivity contribution in [2.75, 3.05) is 39.5 Å². The molecule has 0 aromatic heterocycles. The van der Waals surface area contributed by atoms with E-state index in [1.54, 1.807) is 0 Å². The van der Waals surface area contributed by atoms with Gasteiger partial charge in [-0.3, -0.25) is 14.4 Å². The number of fused-ring (bicyclic) bond motifs is 3. The van der Waals surface area contributed by atoms with E-state index >= 15 is 0 Å². The second-order valence-corrected chi connectivity index (χ2v) is 16.8.